The number of alkyl halides is 1. The van der Waals surface area contributed by atoms with E-state index < -0.39 is 0 Å². The van der Waals surface area contributed by atoms with Crippen molar-refractivity contribution in [3.63, 3.8) is 0 Å². The molecule has 0 radical (unpaired) electrons. The number of rotatable bonds is 3. The normalized spacial score (nSPS) is 14.3. The zero-order chi connectivity index (χ0) is 5.70. The Kier molecular flexibility index (Phi) is 6.23. The summed E-state index contributed by atoms with van der Waals surface area (Å²) in [7, 11) is 0. The van der Waals surface area contributed by atoms with E-state index in [1.807, 2.05) is 0 Å². The monoisotopic (exact) mass is 309 g/mol. The number of hydrogen-bond donors (Lipinski definition) is 0. The van der Waals surface area contributed by atoms with Crippen molar-refractivity contribution < 1.29 is 30.9 Å². The molecule has 0 fully saturated rings. The summed E-state index contributed by atoms with van der Waals surface area (Å²) in [4.78, 5) is 0. The molecule has 0 rings (SSSR count). The van der Waals surface area contributed by atoms with Crippen LogP contribution in [0.25, 0.3) is 0 Å². The molecule has 0 saturated carbocycles. The second-order valence-electron chi connectivity index (χ2n) is 1.31. The second kappa shape index (κ2) is 5.32. The van der Waals surface area contributed by atoms with E-state index in [0.29, 0.717) is 9.68 Å². The van der Waals surface area contributed by atoms with Crippen molar-refractivity contribution in [3.8, 4) is 0 Å². The minimum atomic E-state index is 0.363. The summed E-state index contributed by atoms with van der Waals surface area (Å²) in [5.41, 5.74) is 0. The Bertz CT molecular complexity index is 42.7. The van der Waals surface area contributed by atoms with Crippen molar-refractivity contribution in [2.45, 2.75) is 17.0 Å². The molecule has 0 aromatic carbocycles. The van der Waals surface area contributed by atoms with Gasteiger partial charge in [-0.1, -0.05) is 0 Å². The standard InChI is InChI=1S/C4H8ClO.Hg/c1-2-3-6-4-5;/h3H,2,4H2,1H3;. The third-order valence-corrected chi connectivity index (χ3v) is 4.04. The van der Waals surface area contributed by atoms with Crippen molar-refractivity contribution in [3.05, 3.63) is 0 Å². The molecular weight excluding hydrogens is 300 g/mol. The van der Waals surface area contributed by atoms with Gasteiger partial charge in [-0.15, -0.1) is 0 Å². The van der Waals surface area contributed by atoms with Crippen LogP contribution in [0.2, 0.25) is 0 Å². The molecule has 0 amide bonds. The molecule has 7 heavy (non-hydrogen) atoms. The van der Waals surface area contributed by atoms with Gasteiger partial charge < -0.3 is 0 Å². The van der Waals surface area contributed by atoms with Crippen LogP contribution in [0, 0.1) is 0 Å². The molecule has 0 aromatic rings. The van der Waals surface area contributed by atoms with E-state index in [-0.39, 0.29) is 0 Å². The molecule has 0 aliphatic rings. The molecule has 0 N–H and O–H groups in total. The molecule has 0 heterocycles. The number of halogens is 1. The Balaban J connectivity index is 2.83. The van der Waals surface area contributed by atoms with Crippen molar-refractivity contribution >= 4 is 11.6 Å². The van der Waals surface area contributed by atoms with Crippen LogP contribution in [-0.2, 0) is 30.9 Å². The molecule has 0 aliphatic carbocycles. The predicted octanol–water partition coefficient (Wildman–Crippen LogP) is 1.48. The van der Waals surface area contributed by atoms with E-state index in [0.717, 1.165) is 32.5 Å². The topological polar surface area (TPSA) is 9.23 Å². The molecule has 0 aliphatic heterocycles. The summed E-state index contributed by atoms with van der Waals surface area (Å²) in [6, 6.07) is 0.363. The van der Waals surface area contributed by atoms with Gasteiger partial charge in [0.1, 0.15) is 0 Å². The van der Waals surface area contributed by atoms with Crippen molar-refractivity contribution in [1.82, 2.24) is 0 Å². The van der Waals surface area contributed by atoms with Gasteiger partial charge in [-0.05, 0) is 0 Å². The Morgan fingerprint density at radius 3 is 2.57 bits per heavy atom. The fourth-order valence-corrected chi connectivity index (χ4v) is 1.42. The average molecular weight is 308 g/mol. The fourth-order valence-electron chi connectivity index (χ4n) is 0.207. The van der Waals surface area contributed by atoms with E-state index >= 15 is 0 Å². The Morgan fingerprint density at radius 2 is 2.43 bits per heavy atom. The van der Waals surface area contributed by atoms with Gasteiger partial charge in [0, 0.05) is 0 Å². The summed E-state index contributed by atoms with van der Waals surface area (Å²) < 4.78 is 5.55. The molecule has 0 spiro atoms. The summed E-state index contributed by atoms with van der Waals surface area (Å²) in [5.74, 6) is 0. The number of ether oxygens (including phenoxy) is 1. The zero-order valence-electron chi connectivity index (χ0n) is 4.48. The summed E-state index contributed by atoms with van der Waals surface area (Å²) >= 11 is 6.01. The maximum atomic E-state index is 5.28. The van der Waals surface area contributed by atoms with E-state index in [4.69, 9.17) is 16.3 Å². The van der Waals surface area contributed by atoms with Gasteiger partial charge >= 0.3 is 65.5 Å². The first-order valence-corrected chi connectivity index (χ1v) is 6.02. The van der Waals surface area contributed by atoms with Crippen LogP contribution in [0.4, 0.5) is 0 Å². The van der Waals surface area contributed by atoms with Crippen LogP contribution in [0.15, 0.2) is 0 Å². The van der Waals surface area contributed by atoms with Crippen LogP contribution in [0.3, 0.4) is 0 Å². The van der Waals surface area contributed by atoms with Crippen LogP contribution in [0.1, 0.15) is 13.3 Å². The minimum absolute atomic E-state index is 0.363. The zero-order valence-corrected chi connectivity index (χ0v) is 10.7. The van der Waals surface area contributed by atoms with Crippen LogP contribution >= 0.6 is 11.6 Å². The average Bonchev–Trinajstić information content (AvgIpc) is 1.68. The van der Waals surface area contributed by atoms with E-state index in [2.05, 4.69) is 6.92 Å². The van der Waals surface area contributed by atoms with Gasteiger partial charge in [0.15, 0.2) is 0 Å². The molecule has 0 aromatic heterocycles. The van der Waals surface area contributed by atoms with Gasteiger partial charge in [-0.2, -0.15) is 0 Å². The first kappa shape index (κ1) is 8.19. The fraction of sp³-hybridized carbons (Fsp3) is 1.00. The molecule has 0 saturated heterocycles. The van der Waals surface area contributed by atoms with Gasteiger partial charge in [-0.3, -0.25) is 0 Å². The van der Waals surface area contributed by atoms with Crippen molar-refractivity contribution in [2.75, 3.05) is 6.07 Å². The number of hydrogen-bond acceptors (Lipinski definition) is 1. The van der Waals surface area contributed by atoms with Gasteiger partial charge in [0.05, 0.1) is 0 Å². The summed E-state index contributed by atoms with van der Waals surface area (Å²) in [5, 5.41) is 0. The first-order chi connectivity index (χ1) is 3.31. The molecule has 0 bridgehead atoms. The van der Waals surface area contributed by atoms with Gasteiger partial charge in [0.2, 0.25) is 0 Å². The van der Waals surface area contributed by atoms with Gasteiger partial charge in [0.25, 0.3) is 0 Å². The van der Waals surface area contributed by atoms with Crippen molar-refractivity contribution in [2.24, 2.45) is 0 Å². The van der Waals surface area contributed by atoms with Crippen LogP contribution in [0.5, 0.6) is 0 Å². The SMILES string of the molecule is CC[CH]([Hg])OCCl. The Morgan fingerprint density at radius 1 is 1.86 bits per heavy atom. The molecule has 1 unspecified atom stereocenters. The van der Waals surface area contributed by atoms with E-state index in [1.54, 1.807) is 0 Å². The van der Waals surface area contributed by atoms with E-state index in [1.165, 1.54) is 0 Å². The third kappa shape index (κ3) is 5.05. The van der Waals surface area contributed by atoms with Crippen molar-refractivity contribution in [1.29, 1.82) is 0 Å². The van der Waals surface area contributed by atoms with Crippen LogP contribution in [-0.4, -0.2) is 9.68 Å². The third-order valence-electron chi connectivity index (χ3n) is 0.754. The quantitative estimate of drug-likeness (QED) is 0.567. The molecule has 3 heteroatoms. The molecular formula is C4H8ClHgO. The van der Waals surface area contributed by atoms with E-state index in [9.17, 15) is 0 Å². The van der Waals surface area contributed by atoms with Crippen LogP contribution < -0.4 is 0 Å². The molecule has 39 valence electrons. The first-order valence-electron chi connectivity index (χ1n) is 2.32. The Labute approximate surface area is 65.3 Å². The summed E-state index contributed by atoms with van der Waals surface area (Å²) in [6.07, 6.45) is 1.12. The molecule has 1 atom stereocenters. The maximum absolute atomic E-state index is 5.28. The molecule has 1 nitrogen and oxygen atoms in total. The van der Waals surface area contributed by atoms with Gasteiger partial charge in [-0.25, -0.2) is 0 Å². The predicted molar refractivity (Wildman–Crippen MR) is 25.9 cm³/mol. The second-order valence-corrected chi connectivity index (χ2v) is 5.06. The Hall–Kier alpha value is 1.19. The summed E-state index contributed by atoms with van der Waals surface area (Å²) in [6.45, 7) is 2.12.